The average Bonchev–Trinajstić information content (AvgIpc) is 3.09. The summed E-state index contributed by atoms with van der Waals surface area (Å²) in [5, 5.41) is 2.04. The van der Waals surface area contributed by atoms with Crippen LogP contribution in [-0.2, 0) is 0 Å². The Balaban J connectivity index is 1.75. The molecule has 0 aromatic carbocycles. The highest BCUT2D eigenvalue weighted by Gasteiger charge is 2.32. The van der Waals surface area contributed by atoms with E-state index in [1.54, 1.807) is 22.1 Å². The van der Waals surface area contributed by atoms with Gasteiger partial charge in [-0.2, -0.15) is 9.12 Å². The van der Waals surface area contributed by atoms with Crippen LogP contribution in [0.15, 0.2) is 48.6 Å². The molecule has 4 heterocycles. The number of thiophene rings is 1. The molecule has 3 aliphatic heterocycles. The van der Waals surface area contributed by atoms with Gasteiger partial charge in [-0.05, 0) is 28.3 Å². The van der Waals surface area contributed by atoms with Gasteiger partial charge in [0, 0.05) is 19.0 Å². The number of amidine groups is 2. The number of nitrogens with zero attached hydrogens (tertiary/aromatic N) is 4. The van der Waals surface area contributed by atoms with Crippen LogP contribution in [0, 0.1) is 0 Å². The van der Waals surface area contributed by atoms with Crippen molar-refractivity contribution >= 4 is 56.7 Å². The largest absolute Gasteiger partial charge is 0.312 e. The van der Waals surface area contributed by atoms with Crippen molar-refractivity contribution in [3.05, 3.63) is 44.1 Å². The van der Waals surface area contributed by atoms with Crippen molar-refractivity contribution in [1.29, 1.82) is 0 Å². The highest BCUT2D eigenvalue weighted by molar-refractivity contribution is 8.77. The molecule has 19 heavy (non-hydrogen) atoms. The van der Waals surface area contributed by atoms with Crippen molar-refractivity contribution in [2.24, 2.45) is 9.39 Å². The van der Waals surface area contributed by atoms with E-state index in [0.717, 1.165) is 27.3 Å². The minimum absolute atomic E-state index is 0.793. The van der Waals surface area contributed by atoms with Crippen LogP contribution in [0.3, 0.4) is 0 Å². The quantitative estimate of drug-likeness (QED) is 0.586. The molecule has 0 atom stereocenters. The predicted molar refractivity (Wildman–Crippen MR) is 86.1 cm³/mol. The number of allylic oxidation sites excluding steroid dienone is 1. The Hall–Kier alpha value is -0.830. The van der Waals surface area contributed by atoms with Gasteiger partial charge in [-0.15, -0.1) is 11.3 Å². The van der Waals surface area contributed by atoms with Gasteiger partial charge < -0.3 is 4.90 Å². The molecule has 8 heteroatoms. The van der Waals surface area contributed by atoms with Gasteiger partial charge in [-0.1, -0.05) is 6.07 Å². The lowest BCUT2D eigenvalue weighted by Crippen LogP contribution is -2.33. The highest BCUT2D eigenvalue weighted by atomic mass is 33.1. The van der Waals surface area contributed by atoms with E-state index in [9.17, 15) is 0 Å². The molecule has 4 nitrogen and oxygen atoms in total. The molecule has 1 radical (unpaired) electrons. The first kappa shape index (κ1) is 12.0. The summed E-state index contributed by atoms with van der Waals surface area (Å²) in [6.45, 7) is 0. The lowest BCUT2D eigenvalue weighted by atomic mass is 10.3. The second-order valence-corrected chi connectivity index (χ2v) is 7.56. The lowest BCUT2D eigenvalue weighted by molar-refractivity contribution is 0.598. The molecule has 0 N–H and O–H groups in total. The molecule has 0 saturated heterocycles. The second-order valence-electron chi connectivity index (χ2n) is 3.92. The van der Waals surface area contributed by atoms with Crippen molar-refractivity contribution < 1.29 is 0 Å². The second kappa shape index (κ2) is 4.62. The van der Waals surface area contributed by atoms with Crippen LogP contribution in [0.1, 0.15) is 4.88 Å². The zero-order valence-electron chi connectivity index (χ0n) is 9.73. The third kappa shape index (κ3) is 1.94. The van der Waals surface area contributed by atoms with Crippen LogP contribution in [-0.4, -0.2) is 23.6 Å². The summed E-state index contributed by atoms with van der Waals surface area (Å²) in [6.07, 6.45) is 2.13. The first-order valence-corrected chi connectivity index (χ1v) is 9.21. The Bertz CT molecular complexity index is 656. The number of fused-ring (bicyclic) bond motifs is 1. The van der Waals surface area contributed by atoms with Gasteiger partial charge in [0.05, 0.1) is 25.7 Å². The van der Waals surface area contributed by atoms with Crippen LogP contribution >= 0.6 is 45.1 Å². The smallest absolute Gasteiger partial charge is 0.179 e. The molecule has 1 aromatic rings. The van der Waals surface area contributed by atoms with Crippen LogP contribution in [0.25, 0.3) is 0 Å². The maximum absolute atomic E-state index is 4.69. The van der Waals surface area contributed by atoms with Gasteiger partial charge in [-0.25, -0.2) is 4.99 Å². The van der Waals surface area contributed by atoms with Crippen molar-refractivity contribution in [1.82, 2.24) is 9.62 Å². The molecule has 0 spiro atoms. The van der Waals surface area contributed by atoms with E-state index < -0.39 is 0 Å². The fourth-order valence-electron chi connectivity index (χ4n) is 1.86. The monoisotopic (exact) mass is 323 g/mol. The van der Waals surface area contributed by atoms with Gasteiger partial charge in [0.15, 0.2) is 17.5 Å². The third-order valence-electron chi connectivity index (χ3n) is 2.77. The molecule has 3 aliphatic rings. The first-order valence-electron chi connectivity index (χ1n) is 5.45. The fraction of sp³-hybridized carbons (Fsp3) is 0.0909. The molecule has 0 saturated carbocycles. The summed E-state index contributed by atoms with van der Waals surface area (Å²) in [5.74, 6) is 2.72. The summed E-state index contributed by atoms with van der Waals surface area (Å²) >= 11 is 3.15. The molecule has 0 fully saturated rings. The number of hydrogen-bond donors (Lipinski definition) is 0. The van der Waals surface area contributed by atoms with Crippen LogP contribution < -0.4 is 4.72 Å². The summed E-state index contributed by atoms with van der Waals surface area (Å²) in [6, 6.07) is 4.06. The average molecular weight is 323 g/mol. The minimum Gasteiger partial charge on any atom is -0.312 e. The Kier molecular flexibility index (Phi) is 2.91. The minimum atomic E-state index is 0.793. The van der Waals surface area contributed by atoms with E-state index in [2.05, 4.69) is 20.2 Å². The zero-order valence-corrected chi connectivity index (χ0v) is 13.0. The number of aliphatic imine (C=N–C) groups is 1. The van der Waals surface area contributed by atoms with E-state index in [1.165, 1.54) is 27.8 Å². The van der Waals surface area contributed by atoms with Crippen LogP contribution in [0.5, 0.6) is 0 Å². The van der Waals surface area contributed by atoms with Crippen LogP contribution in [0.2, 0.25) is 0 Å². The highest BCUT2D eigenvalue weighted by Crippen LogP contribution is 2.45. The third-order valence-corrected chi connectivity index (χ3v) is 6.19. The summed E-state index contributed by atoms with van der Waals surface area (Å²) in [5.41, 5.74) is 0. The van der Waals surface area contributed by atoms with E-state index >= 15 is 0 Å². The zero-order chi connectivity index (χ0) is 12.8. The molecule has 0 bridgehead atoms. The van der Waals surface area contributed by atoms with E-state index in [4.69, 9.17) is 0 Å². The Morgan fingerprint density at radius 2 is 2.26 bits per heavy atom. The summed E-state index contributed by atoms with van der Waals surface area (Å²) in [7, 11) is 5.20. The first-order chi connectivity index (χ1) is 9.33. The SMILES string of the molecule is CN1C2=NC(c3cccs3)=NSC2=CC2=C1[N]SS2. The summed E-state index contributed by atoms with van der Waals surface area (Å²) < 4.78 is 8.93. The Morgan fingerprint density at radius 3 is 3.11 bits per heavy atom. The van der Waals surface area contributed by atoms with E-state index in [-0.39, 0.29) is 0 Å². The molecule has 4 rings (SSSR count). The topological polar surface area (TPSA) is 42.1 Å². The normalized spacial score (nSPS) is 21.3. The molecular weight excluding hydrogens is 316 g/mol. The van der Waals surface area contributed by atoms with Gasteiger partial charge in [0.1, 0.15) is 0 Å². The van der Waals surface area contributed by atoms with Crippen molar-refractivity contribution in [2.45, 2.75) is 0 Å². The Labute approximate surface area is 126 Å². The standard InChI is InChI=1S/C11H7N4S4/c1-15-10-7(5-8-11(15)14-19-18-8)17-13-9(12-10)6-3-2-4-16-6/h2-5H,1H3. The van der Waals surface area contributed by atoms with E-state index in [1.807, 2.05) is 29.5 Å². The maximum atomic E-state index is 4.69. The molecular formula is C11H7N4S4. The predicted octanol–water partition coefficient (Wildman–Crippen LogP) is 3.47. The van der Waals surface area contributed by atoms with Crippen molar-refractivity contribution in [3.8, 4) is 0 Å². The van der Waals surface area contributed by atoms with Gasteiger partial charge >= 0.3 is 0 Å². The molecule has 95 valence electrons. The fourth-order valence-corrected chi connectivity index (χ4v) is 5.23. The number of hydrogen-bond acceptors (Lipinski definition) is 7. The molecule has 0 unspecified atom stereocenters. The van der Waals surface area contributed by atoms with Gasteiger partial charge in [0.2, 0.25) is 0 Å². The Morgan fingerprint density at radius 1 is 1.32 bits per heavy atom. The van der Waals surface area contributed by atoms with Gasteiger partial charge in [0.25, 0.3) is 0 Å². The van der Waals surface area contributed by atoms with Crippen LogP contribution in [0.4, 0.5) is 0 Å². The maximum Gasteiger partial charge on any atom is 0.179 e. The van der Waals surface area contributed by atoms with E-state index in [0.29, 0.717) is 0 Å². The van der Waals surface area contributed by atoms with Crippen molar-refractivity contribution in [3.63, 3.8) is 0 Å². The summed E-state index contributed by atoms with van der Waals surface area (Å²) in [4.78, 5) is 10.1. The van der Waals surface area contributed by atoms with Crippen molar-refractivity contribution in [2.75, 3.05) is 7.05 Å². The molecule has 0 amide bonds. The number of rotatable bonds is 1. The number of likely N-dealkylation sites (N-methyl/N-ethyl adjacent to an activating group) is 1. The lowest BCUT2D eigenvalue weighted by Gasteiger charge is -2.27. The molecule has 0 aliphatic carbocycles. The van der Waals surface area contributed by atoms with Gasteiger partial charge in [-0.3, -0.25) is 0 Å². The molecule has 1 aromatic heterocycles.